The summed E-state index contributed by atoms with van der Waals surface area (Å²) in [5.74, 6) is -0.112. The van der Waals surface area contributed by atoms with Gasteiger partial charge in [-0.1, -0.05) is 25.1 Å². The average Bonchev–Trinajstić information content (AvgIpc) is 3.31. The molecule has 0 aliphatic carbocycles. The van der Waals surface area contributed by atoms with Crippen LogP contribution < -0.4 is 10.6 Å². The number of fused-ring (bicyclic) bond motifs is 1. The van der Waals surface area contributed by atoms with Crippen LogP contribution in [0.25, 0.3) is 11.0 Å². The SMILES string of the molecule is CCCC(=O)Nc1cnc2c(ccn2S(=O)(=O)c2ccccc2)c1NC1CCN(CCC#N)CC1. The van der Waals surface area contributed by atoms with Crippen LogP contribution >= 0.6 is 0 Å². The van der Waals surface area contributed by atoms with Crippen LogP contribution in [0, 0.1) is 11.3 Å². The Bertz CT molecular complexity index is 1320. The molecule has 10 heteroatoms. The second kappa shape index (κ2) is 10.9. The molecule has 1 fully saturated rings. The number of hydrogen-bond donors (Lipinski definition) is 2. The summed E-state index contributed by atoms with van der Waals surface area (Å²) in [5.41, 5.74) is 1.52. The zero-order chi connectivity index (χ0) is 24.8. The molecule has 1 aromatic carbocycles. The predicted molar refractivity (Wildman–Crippen MR) is 136 cm³/mol. The van der Waals surface area contributed by atoms with E-state index in [1.54, 1.807) is 36.4 Å². The first-order valence-electron chi connectivity index (χ1n) is 11.9. The summed E-state index contributed by atoms with van der Waals surface area (Å²) in [7, 11) is -3.83. The fourth-order valence-electron chi connectivity index (χ4n) is 4.37. The Kier molecular flexibility index (Phi) is 7.68. The second-order valence-corrected chi connectivity index (χ2v) is 10.5. The van der Waals surface area contributed by atoms with Crippen LogP contribution in [0.5, 0.6) is 0 Å². The van der Waals surface area contributed by atoms with E-state index in [1.165, 1.54) is 16.4 Å². The summed E-state index contributed by atoms with van der Waals surface area (Å²) in [5, 5.41) is 16.0. The molecule has 4 rings (SSSR count). The molecule has 0 radical (unpaired) electrons. The number of carbonyl (C=O) groups is 1. The number of amides is 1. The Labute approximate surface area is 205 Å². The molecule has 1 saturated heterocycles. The van der Waals surface area contributed by atoms with Crippen molar-refractivity contribution in [1.29, 1.82) is 5.26 Å². The van der Waals surface area contributed by atoms with E-state index in [9.17, 15) is 13.2 Å². The molecule has 0 bridgehead atoms. The Hall–Kier alpha value is -3.42. The quantitative estimate of drug-likeness (QED) is 0.464. The minimum Gasteiger partial charge on any atom is -0.380 e. The maximum atomic E-state index is 13.3. The molecule has 0 saturated carbocycles. The second-order valence-electron chi connectivity index (χ2n) is 8.68. The van der Waals surface area contributed by atoms with Gasteiger partial charge in [0.05, 0.1) is 28.5 Å². The largest absolute Gasteiger partial charge is 0.380 e. The number of likely N-dealkylation sites (tertiary alicyclic amines) is 1. The highest BCUT2D eigenvalue weighted by Gasteiger charge is 2.25. The molecule has 35 heavy (non-hydrogen) atoms. The third kappa shape index (κ3) is 5.47. The maximum Gasteiger partial charge on any atom is 0.269 e. The summed E-state index contributed by atoms with van der Waals surface area (Å²) >= 11 is 0. The van der Waals surface area contributed by atoms with Crippen molar-refractivity contribution in [2.45, 2.75) is 50.0 Å². The molecule has 2 N–H and O–H groups in total. The van der Waals surface area contributed by atoms with Gasteiger partial charge < -0.3 is 15.5 Å². The number of hydrogen-bond acceptors (Lipinski definition) is 7. The van der Waals surface area contributed by atoms with E-state index in [-0.39, 0.29) is 16.8 Å². The van der Waals surface area contributed by atoms with Crippen LogP contribution in [0.3, 0.4) is 0 Å². The molecule has 184 valence electrons. The lowest BCUT2D eigenvalue weighted by molar-refractivity contribution is -0.116. The molecule has 0 unspecified atom stereocenters. The molecule has 9 nitrogen and oxygen atoms in total. The minimum absolute atomic E-state index is 0.112. The van der Waals surface area contributed by atoms with Crippen molar-refractivity contribution in [3.8, 4) is 6.07 Å². The van der Waals surface area contributed by atoms with Gasteiger partial charge in [0.2, 0.25) is 5.91 Å². The van der Waals surface area contributed by atoms with Crippen molar-refractivity contribution >= 4 is 38.3 Å². The van der Waals surface area contributed by atoms with Crippen molar-refractivity contribution in [3.63, 3.8) is 0 Å². The maximum absolute atomic E-state index is 13.3. The zero-order valence-corrected chi connectivity index (χ0v) is 20.6. The highest BCUT2D eigenvalue weighted by molar-refractivity contribution is 7.90. The van der Waals surface area contributed by atoms with E-state index in [2.05, 4.69) is 26.6 Å². The smallest absolute Gasteiger partial charge is 0.269 e. The number of nitrogens with zero attached hydrogens (tertiary/aromatic N) is 4. The third-order valence-corrected chi connectivity index (χ3v) is 7.89. The van der Waals surface area contributed by atoms with E-state index in [1.807, 2.05) is 6.92 Å². The zero-order valence-electron chi connectivity index (χ0n) is 19.8. The number of pyridine rings is 1. The number of anilines is 2. The van der Waals surface area contributed by atoms with Crippen LogP contribution in [0.15, 0.2) is 53.7 Å². The molecular weight excluding hydrogens is 464 g/mol. The number of piperidine rings is 1. The summed E-state index contributed by atoms with van der Waals surface area (Å²) in [6.45, 7) is 4.44. The van der Waals surface area contributed by atoms with Crippen molar-refractivity contribution in [2.75, 3.05) is 30.3 Å². The molecule has 0 spiro atoms. The first kappa shape index (κ1) is 24.7. The van der Waals surface area contributed by atoms with Crippen LogP contribution in [0.4, 0.5) is 11.4 Å². The molecule has 1 aliphatic heterocycles. The van der Waals surface area contributed by atoms with E-state index in [4.69, 9.17) is 5.26 Å². The average molecular weight is 495 g/mol. The summed E-state index contributed by atoms with van der Waals surface area (Å²) < 4.78 is 27.8. The first-order valence-corrected chi connectivity index (χ1v) is 13.3. The topological polar surface area (TPSA) is 120 Å². The Morgan fingerprint density at radius 2 is 1.94 bits per heavy atom. The van der Waals surface area contributed by atoms with Gasteiger partial charge in [-0.2, -0.15) is 5.26 Å². The van der Waals surface area contributed by atoms with Gasteiger partial charge in [-0.3, -0.25) is 4.79 Å². The lowest BCUT2D eigenvalue weighted by Gasteiger charge is -2.33. The number of nitriles is 1. The third-order valence-electron chi connectivity index (χ3n) is 6.21. The molecule has 0 atom stereocenters. The number of benzene rings is 1. The van der Waals surface area contributed by atoms with Crippen LogP contribution in [-0.2, 0) is 14.8 Å². The van der Waals surface area contributed by atoms with Crippen molar-refractivity contribution < 1.29 is 13.2 Å². The molecule has 2 aromatic heterocycles. The van der Waals surface area contributed by atoms with Crippen LogP contribution in [-0.4, -0.2) is 53.9 Å². The Morgan fingerprint density at radius 3 is 2.63 bits per heavy atom. The minimum atomic E-state index is -3.83. The number of carbonyl (C=O) groups excluding carboxylic acids is 1. The van der Waals surface area contributed by atoms with Crippen molar-refractivity contribution in [1.82, 2.24) is 13.9 Å². The van der Waals surface area contributed by atoms with Crippen molar-refractivity contribution in [3.05, 3.63) is 48.8 Å². The molecule has 1 amide bonds. The van der Waals surface area contributed by atoms with E-state index in [0.29, 0.717) is 35.2 Å². The molecule has 3 aromatic rings. The van der Waals surface area contributed by atoms with E-state index < -0.39 is 10.0 Å². The number of aromatic nitrogens is 2. The fourth-order valence-corrected chi connectivity index (χ4v) is 5.69. The highest BCUT2D eigenvalue weighted by atomic mass is 32.2. The van der Waals surface area contributed by atoms with E-state index >= 15 is 0 Å². The normalized spacial score (nSPS) is 15.1. The first-order chi connectivity index (χ1) is 16.9. The Balaban J connectivity index is 1.68. The fraction of sp³-hybridized carbons (Fsp3) is 0.400. The van der Waals surface area contributed by atoms with Crippen LogP contribution in [0.1, 0.15) is 39.0 Å². The van der Waals surface area contributed by atoms with Gasteiger partial charge in [-0.05, 0) is 37.5 Å². The molecular formula is C25H30N6O3S. The van der Waals surface area contributed by atoms with E-state index in [0.717, 1.165) is 38.9 Å². The van der Waals surface area contributed by atoms with Crippen LogP contribution in [0.2, 0.25) is 0 Å². The standard InChI is InChI=1S/C25H30N6O3S/c1-2-7-23(32)29-22-18-27-25-21(12-17-31(25)35(33,34)20-8-4-3-5-9-20)24(22)28-19-10-15-30(16-11-19)14-6-13-26/h3-5,8-9,12,17-19H,2,6-7,10-11,14-16H2,1H3,(H,27,28)(H,29,32). The summed E-state index contributed by atoms with van der Waals surface area (Å²) in [6.07, 6.45) is 6.40. The van der Waals surface area contributed by atoms with Gasteiger partial charge in [-0.15, -0.1) is 0 Å². The van der Waals surface area contributed by atoms with Gasteiger partial charge in [0.1, 0.15) is 0 Å². The van der Waals surface area contributed by atoms with Gasteiger partial charge in [0.25, 0.3) is 10.0 Å². The van der Waals surface area contributed by atoms with Gasteiger partial charge in [0, 0.05) is 50.1 Å². The summed E-state index contributed by atoms with van der Waals surface area (Å²) in [4.78, 5) is 19.3. The van der Waals surface area contributed by atoms with Gasteiger partial charge >= 0.3 is 0 Å². The lowest BCUT2D eigenvalue weighted by Crippen LogP contribution is -2.39. The number of nitrogens with one attached hydrogen (secondary N) is 2. The number of rotatable bonds is 9. The summed E-state index contributed by atoms with van der Waals surface area (Å²) in [6, 6.07) is 12.3. The van der Waals surface area contributed by atoms with Crippen molar-refractivity contribution in [2.24, 2.45) is 0 Å². The Morgan fingerprint density at radius 1 is 1.20 bits per heavy atom. The monoisotopic (exact) mass is 494 g/mol. The molecule has 1 aliphatic rings. The van der Waals surface area contributed by atoms with Gasteiger partial charge in [0.15, 0.2) is 5.65 Å². The lowest BCUT2D eigenvalue weighted by atomic mass is 10.0. The molecule has 3 heterocycles. The highest BCUT2D eigenvalue weighted by Crippen LogP contribution is 2.34. The predicted octanol–water partition coefficient (Wildman–Crippen LogP) is 3.80. The van der Waals surface area contributed by atoms with Gasteiger partial charge in [-0.25, -0.2) is 17.4 Å².